The second kappa shape index (κ2) is 7.62. The average Bonchev–Trinajstić information content (AvgIpc) is 3.08. The maximum absolute atomic E-state index is 12.8. The topological polar surface area (TPSA) is 95.2 Å². The molecule has 11 heteroatoms. The third kappa shape index (κ3) is 4.08. The van der Waals surface area contributed by atoms with E-state index in [1.165, 1.54) is 6.21 Å². The first kappa shape index (κ1) is 19.3. The van der Waals surface area contributed by atoms with Crippen LogP contribution in [0.2, 0.25) is 0 Å². The van der Waals surface area contributed by atoms with Crippen LogP contribution < -0.4 is 19.6 Å². The molecule has 0 atom stereocenters. The van der Waals surface area contributed by atoms with E-state index in [1.807, 2.05) is 0 Å². The molecule has 1 N–H and O–H groups in total. The van der Waals surface area contributed by atoms with Gasteiger partial charge in [-0.1, -0.05) is 0 Å². The van der Waals surface area contributed by atoms with E-state index in [2.05, 4.69) is 10.5 Å². The first-order valence-corrected chi connectivity index (χ1v) is 8.00. The first-order valence-electron chi connectivity index (χ1n) is 8.00. The fourth-order valence-corrected chi connectivity index (χ4v) is 2.45. The van der Waals surface area contributed by atoms with Gasteiger partial charge in [0.1, 0.15) is 11.4 Å². The van der Waals surface area contributed by atoms with E-state index < -0.39 is 22.4 Å². The van der Waals surface area contributed by atoms with Crippen molar-refractivity contribution < 1.29 is 32.3 Å². The minimum atomic E-state index is -4.69. The van der Waals surface area contributed by atoms with Crippen LogP contribution in [0, 0.1) is 10.1 Å². The summed E-state index contributed by atoms with van der Waals surface area (Å²) in [6.45, 7) is 2.23. The summed E-state index contributed by atoms with van der Waals surface area (Å²) in [4.78, 5) is 10.2. The molecular weight excluding hydrogens is 383 g/mol. The van der Waals surface area contributed by atoms with Gasteiger partial charge in [0.25, 0.3) is 5.69 Å². The number of benzene rings is 2. The van der Waals surface area contributed by atoms with E-state index in [-0.39, 0.29) is 12.5 Å². The van der Waals surface area contributed by atoms with E-state index in [9.17, 15) is 23.3 Å². The lowest BCUT2D eigenvalue weighted by atomic mass is 10.1. The van der Waals surface area contributed by atoms with Gasteiger partial charge >= 0.3 is 6.18 Å². The van der Waals surface area contributed by atoms with Gasteiger partial charge in [0, 0.05) is 17.7 Å². The second-order valence-corrected chi connectivity index (χ2v) is 5.53. The Morgan fingerprint density at radius 3 is 2.64 bits per heavy atom. The molecule has 0 aliphatic carbocycles. The number of ether oxygens (including phenoxy) is 3. The summed E-state index contributed by atoms with van der Waals surface area (Å²) in [5.74, 6) is 1.43. The summed E-state index contributed by atoms with van der Waals surface area (Å²) in [7, 11) is 0. The molecule has 148 valence electrons. The number of nitrogens with zero attached hydrogens (tertiary/aromatic N) is 2. The van der Waals surface area contributed by atoms with Crippen molar-refractivity contribution in [1.82, 2.24) is 0 Å². The fraction of sp³-hybridized carbons (Fsp3) is 0.235. The number of nitro benzene ring substituents is 1. The van der Waals surface area contributed by atoms with Crippen LogP contribution in [-0.2, 0) is 6.18 Å². The lowest BCUT2D eigenvalue weighted by molar-refractivity contribution is -0.384. The number of hydrazone groups is 1. The van der Waals surface area contributed by atoms with Crippen molar-refractivity contribution >= 4 is 17.6 Å². The molecule has 2 aromatic carbocycles. The summed E-state index contributed by atoms with van der Waals surface area (Å²) in [5.41, 5.74) is 0.829. The van der Waals surface area contributed by atoms with Gasteiger partial charge in [0.05, 0.1) is 23.3 Å². The molecule has 3 rings (SSSR count). The smallest absolute Gasteiger partial charge is 0.416 e. The number of anilines is 1. The van der Waals surface area contributed by atoms with Crippen molar-refractivity contribution in [3.05, 3.63) is 51.6 Å². The molecule has 0 bridgehead atoms. The number of hydrogen-bond acceptors (Lipinski definition) is 7. The van der Waals surface area contributed by atoms with Crippen LogP contribution in [0.4, 0.5) is 24.5 Å². The normalized spacial score (nSPS) is 13.0. The van der Waals surface area contributed by atoms with Gasteiger partial charge in [-0.3, -0.25) is 15.5 Å². The van der Waals surface area contributed by atoms with Gasteiger partial charge in [0.15, 0.2) is 11.5 Å². The van der Waals surface area contributed by atoms with E-state index in [1.54, 1.807) is 19.1 Å². The van der Waals surface area contributed by atoms with Crippen molar-refractivity contribution in [2.24, 2.45) is 5.10 Å². The fourth-order valence-electron chi connectivity index (χ4n) is 2.45. The Hall–Kier alpha value is -3.50. The van der Waals surface area contributed by atoms with Crippen LogP contribution in [0.3, 0.4) is 0 Å². The Morgan fingerprint density at radius 1 is 1.29 bits per heavy atom. The van der Waals surface area contributed by atoms with Crippen molar-refractivity contribution in [3.8, 4) is 17.2 Å². The molecule has 8 nitrogen and oxygen atoms in total. The number of hydrogen-bond donors (Lipinski definition) is 1. The van der Waals surface area contributed by atoms with Crippen molar-refractivity contribution in [2.75, 3.05) is 18.8 Å². The number of nitro groups is 1. The Labute approximate surface area is 156 Å². The highest BCUT2D eigenvalue weighted by molar-refractivity contribution is 5.86. The molecule has 0 amide bonds. The predicted octanol–water partition coefficient (Wildman–Crippen LogP) is 4.19. The van der Waals surface area contributed by atoms with Crippen molar-refractivity contribution in [3.63, 3.8) is 0 Å². The monoisotopic (exact) mass is 397 g/mol. The standard InChI is InChI=1S/C17H14F3N3O5/c1-2-26-14-7-16-15(27-9-28-16)5-10(14)8-21-22-12-4-3-11(17(18,19)20)6-13(12)23(24)25/h3-8,22H,2,9H2,1H3/b21-8-. The van der Waals surface area contributed by atoms with Crippen LogP contribution in [0.15, 0.2) is 35.4 Å². The maximum atomic E-state index is 12.8. The SMILES string of the molecule is CCOc1cc2c(cc1/C=N\Nc1ccc(C(F)(F)F)cc1[N+](=O)[O-])OCO2. The van der Waals surface area contributed by atoms with Crippen LogP contribution in [0.5, 0.6) is 17.2 Å². The molecule has 0 radical (unpaired) electrons. The molecule has 2 aromatic rings. The number of halogens is 3. The molecule has 0 saturated heterocycles. The highest BCUT2D eigenvalue weighted by atomic mass is 19.4. The van der Waals surface area contributed by atoms with Gasteiger partial charge in [-0.25, -0.2) is 0 Å². The zero-order valence-corrected chi connectivity index (χ0v) is 14.4. The minimum Gasteiger partial charge on any atom is -0.493 e. The Kier molecular flexibility index (Phi) is 5.25. The van der Waals surface area contributed by atoms with Gasteiger partial charge in [-0.15, -0.1) is 0 Å². The summed E-state index contributed by atoms with van der Waals surface area (Å²) < 4.78 is 54.3. The van der Waals surface area contributed by atoms with Gasteiger partial charge in [-0.2, -0.15) is 18.3 Å². The zero-order chi connectivity index (χ0) is 20.3. The minimum absolute atomic E-state index is 0.0670. The van der Waals surface area contributed by atoms with Crippen LogP contribution >= 0.6 is 0 Å². The molecule has 0 spiro atoms. The Morgan fingerprint density at radius 2 is 2.00 bits per heavy atom. The summed E-state index contributed by atoms with van der Waals surface area (Å²) in [6.07, 6.45) is -3.38. The van der Waals surface area contributed by atoms with E-state index in [0.29, 0.717) is 35.5 Å². The number of nitrogens with one attached hydrogen (secondary N) is 1. The lowest BCUT2D eigenvalue weighted by Gasteiger charge is -2.09. The Balaban J connectivity index is 1.86. The molecule has 0 aromatic heterocycles. The van der Waals surface area contributed by atoms with E-state index >= 15 is 0 Å². The van der Waals surface area contributed by atoms with Crippen LogP contribution in [-0.4, -0.2) is 24.5 Å². The second-order valence-electron chi connectivity index (χ2n) is 5.53. The molecule has 28 heavy (non-hydrogen) atoms. The Bertz CT molecular complexity index is 931. The third-order valence-electron chi connectivity index (χ3n) is 3.72. The maximum Gasteiger partial charge on any atom is 0.416 e. The van der Waals surface area contributed by atoms with Crippen LogP contribution in [0.25, 0.3) is 0 Å². The van der Waals surface area contributed by atoms with Crippen LogP contribution in [0.1, 0.15) is 18.1 Å². The number of rotatable bonds is 6. The third-order valence-corrected chi connectivity index (χ3v) is 3.72. The highest BCUT2D eigenvalue weighted by Crippen LogP contribution is 2.38. The van der Waals surface area contributed by atoms with Gasteiger partial charge in [-0.05, 0) is 25.1 Å². The van der Waals surface area contributed by atoms with Crippen molar-refractivity contribution in [1.29, 1.82) is 0 Å². The summed E-state index contributed by atoms with van der Waals surface area (Å²) in [6, 6.07) is 5.36. The molecule has 0 saturated carbocycles. The summed E-state index contributed by atoms with van der Waals surface area (Å²) in [5, 5.41) is 15.0. The van der Waals surface area contributed by atoms with Gasteiger partial charge in [0.2, 0.25) is 6.79 Å². The van der Waals surface area contributed by atoms with Crippen molar-refractivity contribution in [2.45, 2.75) is 13.1 Å². The first-order chi connectivity index (χ1) is 13.3. The molecule has 1 heterocycles. The molecule has 0 unspecified atom stereocenters. The molecular formula is C17H14F3N3O5. The summed E-state index contributed by atoms with van der Waals surface area (Å²) >= 11 is 0. The largest absolute Gasteiger partial charge is 0.493 e. The quantitative estimate of drug-likeness (QED) is 0.446. The number of fused-ring (bicyclic) bond motifs is 1. The highest BCUT2D eigenvalue weighted by Gasteiger charge is 2.33. The molecule has 1 aliphatic rings. The van der Waals surface area contributed by atoms with E-state index in [0.717, 1.165) is 12.1 Å². The number of alkyl halides is 3. The average molecular weight is 397 g/mol. The van der Waals surface area contributed by atoms with E-state index in [4.69, 9.17) is 14.2 Å². The van der Waals surface area contributed by atoms with Gasteiger partial charge < -0.3 is 14.2 Å². The zero-order valence-electron chi connectivity index (χ0n) is 14.4. The lowest BCUT2D eigenvalue weighted by Crippen LogP contribution is -2.06. The molecule has 0 fully saturated rings. The molecule has 1 aliphatic heterocycles. The predicted molar refractivity (Wildman–Crippen MR) is 93.0 cm³/mol.